The molecule has 0 saturated carbocycles. The number of rotatable bonds is 11. The molecule has 0 unspecified atom stereocenters. The molecule has 0 aliphatic carbocycles. The van der Waals surface area contributed by atoms with E-state index in [-0.39, 0.29) is 12.4 Å². The topological polar surface area (TPSA) is 101 Å². The predicted molar refractivity (Wildman–Crippen MR) is 158 cm³/mol. The Bertz CT molecular complexity index is 1450. The molecule has 0 bridgehead atoms. The smallest absolute Gasteiger partial charge is 0.397 e. The Labute approximate surface area is 240 Å². The van der Waals surface area contributed by atoms with Crippen LogP contribution in [-0.2, 0) is 33.8 Å². The van der Waals surface area contributed by atoms with Gasteiger partial charge in [0.2, 0.25) is 0 Å². The number of benzene rings is 3. The lowest BCUT2D eigenvalue weighted by molar-refractivity contribution is -0.152. The van der Waals surface area contributed by atoms with Crippen LogP contribution in [0.1, 0.15) is 34.9 Å². The fourth-order valence-electron chi connectivity index (χ4n) is 4.55. The molecule has 8 nitrogen and oxygen atoms in total. The quantitative estimate of drug-likeness (QED) is 0.175. The minimum atomic E-state index is -0.930. The van der Waals surface area contributed by atoms with E-state index in [0.29, 0.717) is 23.7 Å². The minimum Gasteiger partial charge on any atom is -0.508 e. The second-order valence-electron chi connectivity index (χ2n) is 9.77. The van der Waals surface area contributed by atoms with Gasteiger partial charge in [0.25, 0.3) is 0 Å². The van der Waals surface area contributed by atoms with Gasteiger partial charge in [0.15, 0.2) is 0 Å². The number of phenolic OH excluding ortho intramolecular Hbond substituents is 1. The van der Waals surface area contributed by atoms with Gasteiger partial charge in [0, 0.05) is 49.2 Å². The first-order valence-corrected chi connectivity index (χ1v) is 13.6. The maximum atomic E-state index is 12.1. The third-order valence-corrected chi connectivity index (χ3v) is 6.50. The van der Waals surface area contributed by atoms with Crippen LogP contribution in [0.3, 0.4) is 0 Å². The minimum absolute atomic E-state index is 0.125. The second-order valence-corrected chi connectivity index (χ2v) is 9.77. The van der Waals surface area contributed by atoms with Crippen molar-refractivity contribution in [2.45, 2.75) is 40.3 Å². The van der Waals surface area contributed by atoms with Gasteiger partial charge in [-0.3, -0.25) is 14.7 Å². The standard InChI is InChI=1S/C33H35N3O5/c1-4-40-33(39)32(38)35-28-18-23(2)31(24(3)19-28)41-29-13-14-30(37)26(20-29)22-36(21-25-10-6-5-7-11-25)17-15-27-12-8-9-16-34-27/h5-14,16,18-20,37H,4,15,17,21-22H2,1-3H3,(H,35,38). The number of amides is 1. The van der Waals surface area contributed by atoms with Gasteiger partial charge in [0.05, 0.1) is 6.61 Å². The molecule has 0 spiro atoms. The van der Waals surface area contributed by atoms with Crippen molar-refractivity contribution in [3.8, 4) is 17.2 Å². The average Bonchev–Trinajstić information content (AvgIpc) is 2.96. The van der Waals surface area contributed by atoms with Crippen molar-refractivity contribution < 1.29 is 24.2 Å². The van der Waals surface area contributed by atoms with Crippen LogP contribution in [0.15, 0.2) is 85.1 Å². The van der Waals surface area contributed by atoms with E-state index in [1.54, 1.807) is 37.4 Å². The van der Waals surface area contributed by atoms with Crippen LogP contribution in [0.4, 0.5) is 5.69 Å². The SMILES string of the molecule is CCOC(=O)C(=O)Nc1cc(C)c(Oc2ccc(O)c(CN(CCc3ccccn3)Cc3ccccc3)c2)c(C)c1. The van der Waals surface area contributed by atoms with Crippen LogP contribution in [0.25, 0.3) is 0 Å². The molecule has 4 aromatic rings. The van der Waals surface area contributed by atoms with E-state index >= 15 is 0 Å². The summed E-state index contributed by atoms with van der Waals surface area (Å²) in [6.45, 7) is 7.49. The molecule has 8 heteroatoms. The molecule has 0 atom stereocenters. The summed E-state index contributed by atoms with van der Waals surface area (Å²) in [5.41, 5.74) is 4.97. The highest BCUT2D eigenvalue weighted by molar-refractivity contribution is 6.37. The number of aromatic hydroxyl groups is 1. The molecule has 0 saturated heterocycles. The predicted octanol–water partition coefficient (Wildman–Crippen LogP) is 5.94. The van der Waals surface area contributed by atoms with Crippen LogP contribution < -0.4 is 10.1 Å². The van der Waals surface area contributed by atoms with Crippen molar-refractivity contribution in [2.75, 3.05) is 18.5 Å². The fourth-order valence-corrected chi connectivity index (χ4v) is 4.55. The molecule has 1 amide bonds. The highest BCUT2D eigenvalue weighted by atomic mass is 16.5. The number of esters is 1. The summed E-state index contributed by atoms with van der Waals surface area (Å²) in [6.07, 6.45) is 2.58. The molecule has 3 aromatic carbocycles. The fraction of sp³-hybridized carbons (Fsp3) is 0.242. The van der Waals surface area contributed by atoms with Gasteiger partial charge in [0.1, 0.15) is 17.2 Å². The van der Waals surface area contributed by atoms with Gasteiger partial charge in [-0.2, -0.15) is 0 Å². The van der Waals surface area contributed by atoms with E-state index in [9.17, 15) is 14.7 Å². The molecule has 1 aromatic heterocycles. The van der Waals surface area contributed by atoms with E-state index in [2.05, 4.69) is 27.3 Å². The molecule has 4 rings (SSSR count). The Hall–Kier alpha value is -4.69. The molecular formula is C33H35N3O5. The number of aromatic nitrogens is 1. The summed E-state index contributed by atoms with van der Waals surface area (Å²) < 4.78 is 11.0. The number of phenols is 1. The zero-order valence-electron chi connectivity index (χ0n) is 23.6. The highest BCUT2D eigenvalue weighted by Crippen LogP contribution is 2.34. The van der Waals surface area contributed by atoms with Gasteiger partial charge >= 0.3 is 11.9 Å². The number of aryl methyl sites for hydroxylation is 2. The number of ether oxygens (including phenoxy) is 2. The van der Waals surface area contributed by atoms with Crippen molar-refractivity contribution >= 4 is 17.6 Å². The molecule has 0 aliphatic heterocycles. The summed E-state index contributed by atoms with van der Waals surface area (Å²) >= 11 is 0. The summed E-state index contributed by atoms with van der Waals surface area (Å²) in [5, 5.41) is 13.3. The van der Waals surface area contributed by atoms with Crippen LogP contribution in [0.5, 0.6) is 17.2 Å². The number of nitrogens with zero attached hydrogens (tertiary/aromatic N) is 2. The molecule has 0 fully saturated rings. The van der Waals surface area contributed by atoms with Crippen LogP contribution in [-0.4, -0.2) is 40.0 Å². The lowest BCUT2D eigenvalue weighted by atomic mass is 10.1. The van der Waals surface area contributed by atoms with Crippen LogP contribution in [0, 0.1) is 13.8 Å². The van der Waals surface area contributed by atoms with Gasteiger partial charge in [-0.05, 0) is 79.9 Å². The first kappa shape index (κ1) is 29.3. The van der Waals surface area contributed by atoms with Crippen LogP contribution in [0.2, 0.25) is 0 Å². The molecule has 212 valence electrons. The highest BCUT2D eigenvalue weighted by Gasteiger charge is 2.17. The summed E-state index contributed by atoms with van der Waals surface area (Å²) in [6, 6.07) is 24.8. The molecule has 1 heterocycles. The molecule has 2 N–H and O–H groups in total. The molecule has 0 aliphatic rings. The summed E-state index contributed by atoms with van der Waals surface area (Å²) in [4.78, 5) is 30.5. The van der Waals surface area contributed by atoms with E-state index in [1.165, 1.54) is 5.56 Å². The van der Waals surface area contributed by atoms with Gasteiger partial charge in [-0.15, -0.1) is 0 Å². The summed E-state index contributed by atoms with van der Waals surface area (Å²) in [7, 11) is 0. The normalized spacial score (nSPS) is 10.8. The van der Waals surface area contributed by atoms with Crippen molar-refractivity contribution in [3.63, 3.8) is 0 Å². The Kier molecular flexibility index (Phi) is 10.1. The van der Waals surface area contributed by atoms with Crippen molar-refractivity contribution in [1.82, 2.24) is 9.88 Å². The Balaban J connectivity index is 1.51. The Morgan fingerprint density at radius 2 is 1.66 bits per heavy atom. The number of pyridine rings is 1. The summed E-state index contributed by atoms with van der Waals surface area (Å²) in [5.74, 6) is -0.353. The first-order chi connectivity index (χ1) is 19.8. The molecular weight excluding hydrogens is 518 g/mol. The monoisotopic (exact) mass is 553 g/mol. The number of carbonyl (C=O) groups excluding carboxylic acids is 2. The first-order valence-electron chi connectivity index (χ1n) is 13.6. The molecule has 41 heavy (non-hydrogen) atoms. The third-order valence-electron chi connectivity index (χ3n) is 6.50. The number of hydrogen-bond acceptors (Lipinski definition) is 7. The lowest BCUT2D eigenvalue weighted by Gasteiger charge is -2.23. The number of carbonyl (C=O) groups is 2. The maximum Gasteiger partial charge on any atom is 0.397 e. The van der Waals surface area contributed by atoms with Crippen LogP contribution >= 0.6 is 0 Å². The van der Waals surface area contributed by atoms with E-state index in [4.69, 9.17) is 9.47 Å². The second kappa shape index (κ2) is 14.1. The van der Waals surface area contributed by atoms with Crippen molar-refractivity contribution in [2.24, 2.45) is 0 Å². The molecule has 0 radical (unpaired) electrons. The van der Waals surface area contributed by atoms with E-state index in [1.807, 2.05) is 56.3 Å². The number of nitrogens with one attached hydrogen (secondary N) is 1. The van der Waals surface area contributed by atoms with Gasteiger partial charge in [-0.1, -0.05) is 36.4 Å². The zero-order chi connectivity index (χ0) is 29.2. The number of hydrogen-bond donors (Lipinski definition) is 2. The third kappa shape index (κ3) is 8.40. The average molecular weight is 554 g/mol. The Morgan fingerprint density at radius 1 is 0.927 bits per heavy atom. The van der Waals surface area contributed by atoms with E-state index < -0.39 is 11.9 Å². The number of anilines is 1. The van der Waals surface area contributed by atoms with Crippen molar-refractivity contribution in [3.05, 3.63) is 113 Å². The van der Waals surface area contributed by atoms with Gasteiger partial charge < -0.3 is 19.9 Å². The largest absolute Gasteiger partial charge is 0.508 e. The zero-order valence-corrected chi connectivity index (χ0v) is 23.6. The maximum absolute atomic E-state index is 12.1. The van der Waals surface area contributed by atoms with Gasteiger partial charge in [-0.25, -0.2) is 4.79 Å². The lowest BCUT2D eigenvalue weighted by Crippen LogP contribution is -2.25. The van der Waals surface area contributed by atoms with Crippen molar-refractivity contribution in [1.29, 1.82) is 0 Å². The van der Waals surface area contributed by atoms with E-state index in [0.717, 1.165) is 41.9 Å². The Morgan fingerprint density at radius 3 is 2.34 bits per heavy atom.